The summed E-state index contributed by atoms with van der Waals surface area (Å²) in [7, 11) is 1.62. The van der Waals surface area contributed by atoms with E-state index >= 15 is 0 Å². The van der Waals surface area contributed by atoms with Gasteiger partial charge in [0.15, 0.2) is 0 Å². The van der Waals surface area contributed by atoms with Gasteiger partial charge in [0.2, 0.25) is 0 Å². The second-order valence-electron chi connectivity index (χ2n) is 9.05. The van der Waals surface area contributed by atoms with Crippen LogP contribution < -0.4 is 11.2 Å². The number of methoxy groups -OCH3 is 1. The van der Waals surface area contributed by atoms with Gasteiger partial charge in [-0.2, -0.15) is 0 Å². The van der Waals surface area contributed by atoms with Crippen LogP contribution in [0.2, 0.25) is 0 Å². The molecule has 1 aliphatic heterocycles. The summed E-state index contributed by atoms with van der Waals surface area (Å²) in [6.07, 6.45) is 2.01. The summed E-state index contributed by atoms with van der Waals surface area (Å²) in [5.41, 5.74) is -0.524. The van der Waals surface area contributed by atoms with E-state index in [9.17, 15) is 24.6 Å². The van der Waals surface area contributed by atoms with Gasteiger partial charge in [0.05, 0.1) is 41.7 Å². The molecule has 4 rings (SSSR count). The highest BCUT2D eigenvalue weighted by molar-refractivity contribution is 5.97. The standard InChI is InChI=1S/C23H29N5O6/c1-14-10-28(22(32)25-20(14)30)19-12-27(11-16(29)9-23(19,2)33)21(31)15-4-5-18-17(8-15)24-13-26(18)6-7-34-3/h4-5,8,10,13,16,19,29,33H,6-7,9,11-12H2,1-3H3,(H,25,30,32)/t16-,19+,23+/m1/s1. The van der Waals surface area contributed by atoms with Gasteiger partial charge in [0, 0.05) is 50.5 Å². The fourth-order valence-corrected chi connectivity index (χ4v) is 4.53. The third-order valence-corrected chi connectivity index (χ3v) is 6.36. The molecule has 3 N–H and O–H groups in total. The Morgan fingerprint density at radius 2 is 2.09 bits per heavy atom. The topological polar surface area (TPSA) is 143 Å². The molecular formula is C23H29N5O6. The van der Waals surface area contributed by atoms with Crippen molar-refractivity contribution in [2.75, 3.05) is 26.8 Å². The molecule has 2 aromatic heterocycles. The van der Waals surface area contributed by atoms with Crippen molar-refractivity contribution in [2.45, 2.75) is 44.6 Å². The molecule has 3 atom stereocenters. The van der Waals surface area contributed by atoms with E-state index < -0.39 is 29.0 Å². The second kappa shape index (κ2) is 9.16. The molecule has 1 aliphatic rings. The number of benzene rings is 1. The molecule has 3 heterocycles. The van der Waals surface area contributed by atoms with Crippen molar-refractivity contribution in [3.05, 3.63) is 62.7 Å². The van der Waals surface area contributed by atoms with E-state index in [4.69, 9.17) is 4.74 Å². The molecule has 3 aromatic rings. The Kier molecular flexibility index (Phi) is 6.43. The first-order valence-corrected chi connectivity index (χ1v) is 11.1. The number of hydrogen-bond acceptors (Lipinski definition) is 7. The van der Waals surface area contributed by atoms with Crippen molar-refractivity contribution >= 4 is 16.9 Å². The van der Waals surface area contributed by atoms with Gasteiger partial charge in [-0.25, -0.2) is 9.78 Å². The SMILES string of the molecule is COCCn1cnc2cc(C(=O)N3C[C@H](O)C[C@](C)(O)[C@@H](n4cc(C)c(=O)[nH]c4=O)C3)ccc21. The number of rotatable bonds is 5. The van der Waals surface area contributed by atoms with E-state index in [0.717, 1.165) is 5.52 Å². The highest BCUT2D eigenvalue weighted by Gasteiger charge is 2.42. The van der Waals surface area contributed by atoms with Gasteiger partial charge in [0.25, 0.3) is 11.5 Å². The minimum atomic E-state index is -1.51. The van der Waals surface area contributed by atoms with E-state index in [1.807, 2.05) is 10.6 Å². The molecule has 0 bridgehead atoms. The number of aromatic amines is 1. The van der Waals surface area contributed by atoms with Crippen LogP contribution in [0.3, 0.4) is 0 Å². The number of aliphatic hydroxyl groups excluding tert-OH is 1. The van der Waals surface area contributed by atoms with Crippen molar-refractivity contribution in [3.8, 4) is 0 Å². The van der Waals surface area contributed by atoms with Crippen LogP contribution in [0.1, 0.15) is 35.3 Å². The van der Waals surface area contributed by atoms with Gasteiger partial charge in [-0.15, -0.1) is 0 Å². The zero-order valence-electron chi connectivity index (χ0n) is 19.4. The van der Waals surface area contributed by atoms with E-state index in [-0.39, 0.29) is 25.4 Å². The molecular weight excluding hydrogens is 442 g/mol. The Hall–Kier alpha value is -3.28. The number of aromatic nitrogens is 4. The Morgan fingerprint density at radius 1 is 1.32 bits per heavy atom. The molecule has 0 unspecified atom stereocenters. The first-order valence-electron chi connectivity index (χ1n) is 11.1. The van der Waals surface area contributed by atoms with Crippen molar-refractivity contribution in [3.63, 3.8) is 0 Å². The number of ether oxygens (including phenoxy) is 1. The molecule has 0 spiro atoms. The van der Waals surface area contributed by atoms with Crippen LogP contribution in [-0.4, -0.2) is 78.6 Å². The maximum absolute atomic E-state index is 13.4. The van der Waals surface area contributed by atoms with Crippen LogP contribution in [0.4, 0.5) is 0 Å². The zero-order chi connectivity index (χ0) is 24.6. The minimum Gasteiger partial charge on any atom is -0.391 e. The lowest BCUT2D eigenvalue weighted by atomic mass is 9.91. The number of β-amino-alcohol motifs (C(OH)–C–C–N with tert-alkyl or cyclic N) is 1. The monoisotopic (exact) mass is 471 g/mol. The summed E-state index contributed by atoms with van der Waals surface area (Å²) in [4.78, 5) is 45.9. The number of nitrogens with zero attached hydrogens (tertiary/aromatic N) is 4. The third-order valence-electron chi connectivity index (χ3n) is 6.36. The van der Waals surface area contributed by atoms with E-state index in [2.05, 4.69) is 9.97 Å². The summed E-state index contributed by atoms with van der Waals surface area (Å²) in [5.74, 6) is -0.357. The maximum atomic E-state index is 13.4. The number of hydrogen-bond donors (Lipinski definition) is 3. The summed E-state index contributed by atoms with van der Waals surface area (Å²) in [6.45, 7) is 4.18. The number of H-pyrrole nitrogens is 1. The lowest BCUT2D eigenvalue weighted by Crippen LogP contribution is -2.47. The van der Waals surface area contributed by atoms with Crippen LogP contribution in [0, 0.1) is 6.92 Å². The zero-order valence-corrected chi connectivity index (χ0v) is 19.4. The number of fused-ring (bicyclic) bond motifs is 1. The Balaban J connectivity index is 1.68. The maximum Gasteiger partial charge on any atom is 0.328 e. The van der Waals surface area contributed by atoms with Crippen LogP contribution in [0.15, 0.2) is 40.3 Å². The Morgan fingerprint density at radius 3 is 2.82 bits per heavy atom. The average molecular weight is 472 g/mol. The molecule has 34 heavy (non-hydrogen) atoms. The van der Waals surface area contributed by atoms with Gasteiger partial charge in [-0.3, -0.25) is 19.1 Å². The van der Waals surface area contributed by atoms with E-state index in [1.165, 1.54) is 22.6 Å². The van der Waals surface area contributed by atoms with Crippen molar-refractivity contribution < 1.29 is 19.7 Å². The van der Waals surface area contributed by atoms with Crippen molar-refractivity contribution in [1.29, 1.82) is 0 Å². The number of aryl methyl sites for hydroxylation is 1. The normalized spacial score (nSPS) is 23.3. The number of carbonyl (C=O) groups is 1. The summed E-state index contributed by atoms with van der Waals surface area (Å²) in [5, 5.41) is 21.7. The van der Waals surface area contributed by atoms with Gasteiger partial charge in [-0.05, 0) is 32.0 Å². The molecule has 1 fully saturated rings. The first kappa shape index (κ1) is 23.9. The Labute approximate surface area is 195 Å². The minimum absolute atomic E-state index is 0.0110. The lowest BCUT2D eigenvalue weighted by Gasteiger charge is -2.34. The number of imidazole rings is 1. The summed E-state index contributed by atoms with van der Waals surface area (Å²) >= 11 is 0. The fraction of sp³-hybridized carbons (Fsp3) is 0.478. The van der Waals surface area contributed by atoms with Crippen LogP contribution in [-0.2, 0) is 11.3 Å². The molecule has 1 aromatic carbocycles. The van der Waals surface area contributed by atoms with Crippen LogP contribution in [0.25, 0.3) is 11.0 Å². The molecule has 182 valence electrons. The third kappa shape index (κ3) is 4.54. The van der Waals surface area contributed by atoms with Gasteiger partial charge >= 0.3 is 5.69 Å². The number of aliphatic hydroxyl groups is 2. The lowest BCUT2D eigenvalue weighted by molar-refractivity contribution is -0.0240. The molecule has 1 saturated heterocycles. The smallest absolute Gasteiger partial charge is 0.328 e. The average Bonchev–Trinajstić information content (AvgIpc) is 3.13. The molecule has 11 nitrogen and oxygen atoms in total. The predicted octanol–water partition coefficient (Wildman–Crippen LogP) is 0.0402. The largest absolute Gasteiger partial charge is 0.391 e. The van der Waals surface area contributed by atoms with Gasteiger partial charge in [0.1, 0.15) is 0 Å². The molecule has 0 saturated carbocycles. The van der Waals surface area contributed by atoms with Crippen LogP contribution in [0.5, 0.6) is 0 Å². The molecule has 0 radical (unpaired) electrons. The highest BCUT2D eigenvalue weighted by Crippen LogP contribution is 2.31. The number of nitrogens with one attached hydrogen (secondary N) is 1. The summed E-state index contributed by atoms with van der Waals surface area (Å²) in [6, 6.07) is 4.30. The van der Waals surface area contributed by atoms with Crippen molar-refractivity contribution in [2.24, 2.45) is 0 Å². The highest BCUT2D eigenvalue weighted by atomic mass is 16.5. The molecule has 0 aliphatic carbocycles. The van der Waals surface area contributed by atoms with Gasteiger partial charge in [-0.1, -0.05) is 0 Å². The second-order valence-corrected chi connectivity index (χ2v) is 9.05. The summed E-state index contributed by atoms with van der Waals surface area (Å²) < 4.78 is 8.28. The number of carbonyl (C=O) groups excluding carboxylic acids is 1. The fourth-order valence-electron chi connectivity index (χ4n) is 4.53. The number of likely N-dealkylation sites (tertiary alicyclic amines) is 1. The first-order chi connectivity index (χ1) is 16.1. The van der Waals surface area contributed by atoms with E-state index in [0.29, 0.717) is 29.8 Å². The Bertz CT molecular complexity index is 1320. The quantitative estimate of drug-likeness (QED) is 0.477. The van der Waals surface area contributed by atoms with Gasteiger partial charge < -0.3 is 24.4 Å². The van der Waals surface area contributed by atoms with Crippen molar-refractivity contribution in [1.82, 2.24) is 24.0 Å². The van der Waals surface area contributed by atoms with E-state index in [1.54, 1.807) is 32.5 Å². The number of amides is 1. The van der Waals surface area contributed by atoms with Crippen LogP contribution >= 0.6 is 0 Å². The molecule has 11 heteroatoms. The molecule has 1 amide bonds. The predicted molar refractivity (Wildman–Crippen MR) is 124 cm³/mol.